The Morgan fingerprint density at radius 1 is 1.29 bits per heavy atom. The maximum atomic E-state index is 12.4. The van der Waals surface area contributed by atoms with Gasteiger partial charge in [-0.05, 0) is 39.2 Å². The van der Waals surface area contributed by atoms with Crippen molar-refractivity contribution >= 4 is 29.9 Å². The highest BCUT2D eigenvalue weighted by molar-refractivity contribution is 14.0. The van der Waals surface area contributed by atoms with Crippen LogP contribution < -0.4 is 10.6 Å². The first kappa shape index (κ1) is 23.7. The van der Waals surface area contributed by atoms with Crippen LogP contribution in [-0.4, -0.2) is 69.5 Å². The standard InChI is InChI=1S/C15H29F3N4O.HI/c1-3-19-14(20-7-5-9-23-4-2)21-10-13-6-8-22(11-13)12-15(16,17)18;/h13H,3-12H2,1-2H3,(H2,19,20,21);1H. The summed E-state index contributed by atoms with van der Waals surface area (Å²) < 4.78 is 42.4. The van der Waals surface area contributed by atoms with Crippen LogP contribution >= 0.6 is 24.0 Å². The first-order valence-electron chi connectivity index (χ1n) is 8.33. The Labute approximate surface area is 159 Å². The summed E-state index contributed by atoms with van der Waals surface area (Å²) in [5.74, 6) is 0.912. The molecule has 1 heterocycles. The van der Waals surface area contributed by atoms with Gasteiger partial charge < -0.3 is 15.4 Å². The normalized spacial score (nSPS) is 19.2. The number of halogens is 4. The van der Waals surface area contributed by atoms with E-state index in [9.17, 15) is 13.2 Å². The number of rotatable bonds is 9. The van der Waals surface area contributed by atoms with E-state index in [1.165, 1.54) is 4.90 Å². The van der Waals surface area contributed by atoms with Crippen LogP contribution in [0.1, 0.15) is 26.7 Å². The largest absolute Gasteiger partial charge is 0.401 e. The average Bonchev–Trinajstić information content (AvgIpc) is 2.89. The van der Waals surface area contributed by atoms with Crippen molar-refractivity contribution in [2.75, 3.05) is 52.5 Å². The molecule has 1 rings (SSSR count). The molecule has 0 aromatic carbocycles. The van der Waals surface area contributed by atoms with Gasteiger partial charge in [0.05, 0.1) is 6.54 Å². The Bertz CT molecular complexity index is 356. The lowest BCUT2D eigenvalue weighted by Crippen LogP contribution is -2.38. The average molecular weight is 466 g/mol. The van der Waals surface area contributed by atoms with Crippen LogP contribution in [-0.2, 0) is 4.74 Å². The summed E-state index contributed by atoms with van der Waals surface area (Å²) in [6, 6.07) is 0. The van der Waals surface area contributed by atoms with Crippen molar-refractivity contribution in [1.29, 1.82) is 0 Å². The highest BCUT2D eigenvalue weighted by Gasteiger charge is 2.34. The molecule has 0 spiro atoms. The van der Waals surface area contributed by atoms with E-state index in [1.807, 2.05) is 13.8 Å². The SMILES string of the molecule is CCNC(=NCC1CCN(CC(F)(F)F)C1)NCCCOCC.I. The summed E-state index contributed by atoms with van der Waals surface area (Å²) in [6.45, 7) is 7.57. The Balaban J connectivity index is 0.00000529. The van der Waals surface area contributed by atoms with Gasteiger partial charge in [-0.25, -0.2) is 0 Å². The summed E-state index contributed by atoms with van der Waals surface area (Å²) in [7, 11) is 0. The van der Waals surface area contributed by atoms with Gasteiger partial charge in [0.1, 0.15) is 0 Å². The minimum Gasteiger partial charge on any atom is -0.382 e. The summed E-state index contributed by atoms with van der Waals surface area (Å²) in [4.78, 5) is 5.95. The molecule has 1 aliphatic rings. The molecular weight excluding hydrogens is 436 g/mol. The van der Waals surface area contributed by atoms with Crippen molar-refractivity contribution < 1.29 is 17.9 Å². The molecule has 1 saturated heterocycles. The van der Waals surface area contributed by atoms with Crippen LogP contribution in [0, 0.1) is 5.92 Å². The molecule has 1 fully saturated rings. The van der Waals surface area contributed by atoms with Crippen LogP contribution in [0.2, 0.25) is 0 Å². The molecule has 0 aromatic rings. The van der Waals surface area contributed by atoms with Gasteiger partial charge in [0.2, 0.25) is 0 Å². The second kappa shape index (κ2) is 13.0. The quantitative estimate of drug-likeness (QED) is 0.237. The molecule has 0 aromatic heterocycles. The summed E-state index contributed by atoms with van der Waals surface area (Å²) in [6.07, 6.45) is -2.46. The molecule has 1 unspecified atom stereocenters. The lowest BCUT2D eigenvalue weighted by molar-refractivity contribution is -0.143. The second-order valence-corrected chi connectivity index (χ2v) is 5.70. The van der Waals surface area contributed by atoms with Crippen LogP contribution in [0.5, 0.6) is 0 Å². The Kier molecular flexibility index (Phi) is 12.8. The van der Waals surface area contributed by atoms with E-state index < -0.39 is 12.7 Å². The molecule has 144 valence electrons. The summed E-state index contributed by atoms with van der Waals surface area (Å²) in [5, 5.41) is 6.37. The maximum Gasteiger partial charge on any atom is 0.401 e. The van der Waals surface area contributed by atoms with Gasteiger partial charge in [0.15, 0.2) is 5.96 Å². The van der Waals surface area contributed by atoms with Crippen LogP contribution in [0.15, 0.2) is 4.99 Å². The van der Waals surface area contributed by atoms with Gasteiger partial charge in [-0.1, -0.05) is 0 Å². The second-order valence-electron chi connectivity index (χ2n) is 5.70. The van der Waals surface area contributed by atoms with Crippen molar-refractivity contribution in [3.8, 4) is 0 Å². The fourth-order valence-corrected chi connectivity index (χ4v) is 2.55. The molecule has 24 heavy (non-hydrogen) atoms. The molecule has 5 nitrogen and oxygen atoms in total. The van der Waals surface area contributed by atoms with E-state index in [2.05, 4.69) is 15.6 Å². The lowest BCUT2D eigenvalue weighted by atomic mass is 10.1. The molecule has 1 aliphatic heterocycles. The van der Waals surface area contributed by atoms with E-state index in [0.29, 0.717) is 32.8 Å². The molecule has 1 atom stereocenters. The zero-order valence-corrected chi connectivity index (χ0v) is 16.8. The Morgan fingerprint density at radius 3 is 2.67 bits per heavy atom. The third-order valence-electron chi connectivity index (χ3n) is 3.59. The van der Waals surface area contributed by atoms with Crippen molar-refractivity contribution in [2.45, 2.75) is 32.9 Å². The Morgan fingerprint density at radius 2 is 2.04 bits per heavy atom. The number of ether oxygens (including phenoxy) is 1. The predicted molar refractivity (Wildman–Crippen MR) is 101 cm³/mol. The van der Waals surface area contributed by atoms with E-state index >= 15 is 0 Å². The number of nitrogens with zero attached hydrogens (tertiary/aromatic N) is 2. The maximum absolute atomic E-state index is 12.4. The van der Waals surface area contributed by atoms with Gasteiger partial charge >= 0.3 is 6.18 Å². The number of nitrogens with one attached hydrogen (secondary N) is 2. The minimum atomic E-state index is -4.12. The molecular formula is C15H30F3IN4O. The van der Waals surface area contributed by atoms with Crippen molar-refractivity contribution in [2.24, 2.45) is 10.9 Å². The van der Waals surface area contributed by atoms with Crippen molar-refractivity contribution in [3.63, 3.8) is 0 Å². The lowest BCUT2D eigenvalue weighted by Gasteiger charge is -2.17. The van der Waals surface area contributed by atoms with Gasteiger partial charge in [-0.15, -0.1) is 24.0 Å². The van der Waals surface area contributed by atoms with E-state index in [4.69, 9.17) is 4.74 Å². The van der Waals surface area contributed by atoms with Crippen LogP contribution in [0.4, 0.5) is 13.2 Å². The van der Waals surface area contributed by atoms with Gasteiger partial charge in [0, 0.05) is 39.4 Å². The van der Waals surface area contributed by atoms with Gasteiger partial charge in [-0.3, -0.25) is 9.89 Å². The van der Waals surface area contributed by atoms with E-state index in [0.717, 1.165) is 31.9 Å². The highest BCUT2D eigenvalue weighted by Crippen LogP contribution is 2.22. The first-order chi connectivity index (χ1) is 10.9. The smallest absolute Gasteiger partial charge is 0.382 e. The van der Waals surface area contributed by atoms with Gasteiger partial charge in [0.25, 0.3) is 0 Å². The number of aliphatic imine (C=N–C) groups is 1. The molecule has 9 heteroatoms. The monoisotopic (exact) mass is 466 g/mol. The molecule has 0 radical (unpaired) electrons. The molecule has 2 N–H and O–H groups in total. The Hall–Kier alpha value is -0.290. The molecule has 0 amide bonds. The van der Waals surface area contributed by atoms with Crippen LogP contribution in [0.25, 0.3) is 0 Å². The zero-order chi connectivity index (χ0) is 17.1. The molecule has 0 aliphatic carbocycles. The fraction of sp³-hybridized carbons (Fsp3) is 0.933. The molecule has 0 bridgehead atoms. The number of guanidine groups is 1. The number of hydrogen-bond donors (Lipinski definition) is 2. The predicted octanol–water partition coefficient (Wildman–Crippen LogP) is 2.47. The molecule has 0 saturated carbocycles. The zero-order valence-electron chi connectivity index (χ0n) is 14.5. The number of likely N-dealkylation sites (tertiary alicyclic amines) is 1. The minimum absolute atomic E-state index is 0. The van der Waals surface area contributed by atoms with E-state index in [-0.39, 0.29) is 29.9 Å². The van der Waals surface area contributed by atoms with E-state index in [1.54, 1.807) is 0 Å². The fourth-order valence-electron chi connectivity index (χ4n) is 2.55. The van der Waals surface area contributed by atoms with Gasteiger partial charge in [-0.2, -0.15) is 13.2 Å². The topological polar surface area (TPSA) is 48.9 Å². The summed E-state index contributed by atoms with van der Waals surface area (Å²) in [5.41, 5.74) is 0. The number of hydrogen-bond acceptors (Lipinski definition) is 3. The van der Waals surface area contributed by atoms with Crippen LogP contribution in [0.3, 0.4) is 0 Å². The number of alkyl halides is 3. The third-order valence-corrected chi connectivity index (χ3v) is 3.59. The van der Waals surface area contributed by atoms with Crippen molar-refractivity contribution in [3.05, 3.63) is 0 Å². The van der Waals surface area contributed by atoms with Crippen molar-refractivity contribution in [1.82, 2.24) is 15.5 Å². The third kappa shape index (κ3) is 11.3. The summed E-state index contributed by atoms with van der Waals surface area (Å²) >= 11 is 0. The first-order valence-corrected chi connectivity index (χ1v) is 8.33. The highest BCUT2D eigenvalue weighted by atomic mass is 127.